The fraction of sp³-hybridized carbons (Fsp3) is 0.148. The van der Waals surface area contributed by atoms with Crippen LogP contribution in [0.25, 0.3) is 28.0 Å². The summed E-state index contributed by atoms with van der Waals surface area (Å²) in [7, 11) is 1.31. The van der Waals surface area contributed by atoms with Crippen molar-refractivity contribution in [3.8, 4) is 17.1 Å². The van der Waals surface area contributed by atoms with E-state index < -0.39 is 5.97 Å². The number of methoxy groups -OCH3 is 1. The molecule has 0 saturated carbocycles. The van der Waals surface area contributed by atoms with Gasteiger partial charge in [0.15, 0.2) is 11.0 Å². The largest absolute Gasteiger partial charge is 0.465 e. The van der Waals surface area contributed by atoms with Gasteiger partial charge in [-0.1, -0.05) is 48.2 Å². The van der Waals surface area contributed by atoms with Gasteiger partial charge in [-0.15, -0.1) is 10.2 Å². The lowest BCUT2D eigenvalue weighted by atomic mass is 10.1. The van der Waals surface area contributed by atoms with Gasteiger partial charge in [0, 0.05) is 5.56 Å². The molecule has 3 aromatic carbocycles. The SMILES string of the molecule is COC(=O)c1ccc2c(=O)[nH]c(CSc3nnc(-c4ccccc4)n3-c3ccc(C)c(C)c3)nc2c1. The number of H-pyrrole nitrogens is 1. The second kappa shape index (κ2) is 9.79. The minimum atomic E-state index is -0.482. The van der Waals surface area contributed by atoms with E-state index in [1.807, 2.05) is 41.0 Å². The summed E-state index contributed by atoms with van der Waals surface area (Å²) in [5.74, 6) is 1.06. The molecule has 2 heterocycles. The summed E-state index contributed by atoms with van der Waals surface area (Å²) in [6, 6.07) is 20.8. The molecule has 0 spiro atoms. The number of hydrogen-bond donors (Lipinski definition) is 1. The molecule has 8 nitrogen and oxygen atoms in total. The highest BCUT2D eigenvalue weighted by Crippen LogP contribution is 2.30. The summed E-state index contributed by atoms with van der Waals surface area (Å²) in [6.07, 6.45) is 0. The van der Waals surface area contributed by atoms with Crippen molar-refractivity contribution < 1.29 is 9.53 Å². The summed E-state index contributed by atoms with van der Waals surface area (Å²) in [4.78, 5) is 32.0. The fourth-order valence-corrected chi connectivity index (χ4v) is 4.69. The molecule has 5 aromatic rings. The van der Waals surface area contributed by atoms with E-state index in [1.54, 1.807) is 18.2 Å². The Morgan fingerprint density at radius 3 is 2.56 bits per heavy atom. The predicted molar refractivity (Wildman–Crippen MR) is 140 cm³/mol. The maximum Gasteiger partial charge on any atom is 0.337 e. The summed E-state index contributed by atoms with van der Waals surface area (Å²) in [6.45, 7) is 4.15. The number of thioether (sulfide) groups is 1. The van der Waals surface area contributed by atoms with E-state index in [-0.39, 0.29) is 5.56 Å². The van der Waals surface area contributed by atoms with Crippen LogP contribution in [-0.4, -0.2) is 37.8 Å². The molecule has 0 radical (unpaired) electrons. The fourth-order valence-electron chi connectivity index (χ4n) is 3.87. The molecule has 0 aliphatic carbocycles. The maximum absolute atomic E-state index is 12.7. The minimum absolute atomic E-state index is 0.271. The normalized spacial score (nSPS) is 11.1. The number of ether oxygens (including phenoxy) is 1. The zero-order chi connectivity index (χ0) is 25.2. The van der Waals surface area contributed by atoms with Gasteiger partial charge in [0.05, 0.1) is 35.0 Å². The van der Waals surface area contributed by atoms with Crippen molar-refractivity contribution in [1.82, 2.24) is 24.7 Å². The molecular weight excluding hydrogens is 474 g/mol. The van der Waals surface area contributed by atoms with Crippen LogP contribution in [0.15, 0.2) is 76.7 Å². The van der Waals surface area contributed by atoms with Gasteiger partial charge in [0.2, 0.25) is 0 Å². The van der Waals surface area contributed by atoms with Gasteiger partial charge in [0.25, 0.3) is 5.56 Å². The number of carbonyl (C=O) groups is 1. The highest BCUT2D eigenvalue weighted by atomic mass is 32.2. The number of nitrogens with zero attached hydrogens (tertiary/aromatic N) is 4. The Kier molecular flexibility index (Phi) is 6.39. The third-order valence-corrected chi connectivity index (χ3v) is 6.87. The van der Waals surface area contributed by atoms with E-state index in [2.05, 4.69) is 46.1 Å². The summed E-state index contributed by atoms with van der Waals surface area (Å²) >= 11 is 1.42. The van der Waals surface area contributed by atoms with Crippen LogP contribution in [0.5, 0.6) is 0 Å². The standard InChI is InChI=1S/C27H23N5O3S/c1-16-9-11-20(13-17(16)2)32-24(18-7-5-4-6-8-18)30-31-27(32)36-15-23-28-22-14-19(26(34)35-3)10-12-21(22)25(33)29-23/h4-14H,15H2,1-3H3,(H,28,29,33). The Balaban J connectivity index is 1.52. The molecule has 0 saturated heterocycles. The maximum atomic E-state index is 12.7. The molecule has 180 valence electrons. The molecule has 1 N–H and O–H groups in total. The van der Waals surface area contributed by atoms with Crippen LogP contribution < -0.4 is 5.56 Å². The molecule has 0 amide bonds. The van der Waals surface area contributed by atoms with Crippen molar-refractivity contribution in [2.75, 3.05) is 7.11 Å². The lowest BCUT2D eigenvalue weighted by Gasteiger charge is -2.12. The number of benzene rings is 3. The third-order valence-electron chi connectivity index (χ3n) is 5.93. The Bertz CT molecular complexity index is 1640. The molecular formula is C27H23N5O3S. The number of esters is 1. The summed E-state index contributed by atoms with van der Waals surface area (Å²) in [5, 5.41) is 10.0. The first-order valence-electron chi connectivity index (χ1n) is 11.3. The Hall–Kier alpha value is -4.24. The van der Waals surface area contributed by atoms with Gasteiger partial charge in [-0.3, -0.25) is 9.36 Å². The molecule has 9 heteroatoms. The minimum Gasteiger partial charge on any atom is -0.465 e. The molecule has 5 rings (SSSR count). The van der Waals surface area contributed by atoms with Gasteiger partial charge in [-0.2, -0.15) is 0 Å². The number of hydrogen-bond acceptors (Lipinski definition) is 7. The number of fused-ring (bicyclic) bond motifs is 1. The van der Waals surface area contributed by atoms with Crippen molar-refractivity contribution >= 4 is 28.6 Å². The van der Waals surface area contributed by atoms with Crippen LogP contribution in [0, 0.1) is 13.8 Å². The first-order chi connectivity index (χ1) is 17.4. The van der Waals surface area contributed by atoms with Crippen molar-refractivity contribution in [3.05, 3.63) is 99.6 Å². The smallest absolute Gasteiger partial charge is 0.337 e. The number of aromatic nitrogens is 5. The van der Waals surface area contributed by atoms with E-state index in [0.29, 0.717) is 33.2 Å². The van der Waals surface area contributed by atoms with Crippen LogP contribution in [-0.2, 0) is 10.5 Å². The van der Waals surface area contributed by atoms with E-state index in [9.17, 15) is 9.59 Å². The lowest BCUT2D eigenvalue weighted by Crippen LogP contribution is -2.12. The molecule has 0 bridgehead atoms. The molecule has 0 aliphatic rings. The lowest BCUT2D eigenvalue weighted by molar-refractivity contribution is 0.0601. The number of rotatable bonds is 6. The van der Waals surface area contributed by atoms with Gasteiger partial charge in [-0.25, -0.2) is 9.78 Å². The predicted octanol–water partition coefficient (Wildman–Crippen LogP) is 4.87. The summed E-state index contributed by atoms with van der Waals surface area (Å²) in [5.41, 5.74) is 4.76. The zero-order valence-corrected chi connectivity index (χ0v) is 20.8. The van der Waals surface area contributed by atoms with Crippen LogP contribution in [0.4, 0.5) is 0 Å². The zero-order valence-electron chi connectivity index (χ0n) is 20.0. The van der Waals surface area contributed by atoms with Crippen LogP contribution in [0.3, 0.4) is 0 Å². The van der Waals surface area contributed by atoms with Gasteiger partial charge < -0.3 is 9.72 Å². The third kappa shape index (κ3) is 4.52. The van der Waals surface area contributed by atoms with Crippen molar-refractivity contribution in [1.29, 1.82) is 0 Å². The van der Waals surface area contributed by atoms with E-state index in [4.69, 9.17) is 4.74 Å². The quantitative estimate of drug-likeness (QED) is 0.264. The number of carbonyl (C=O) groups excluding carboxylic acids is 1. The average Bonchev–Trinajstić information content (AvgIpc) is 3.32. The molecule has 2 aromatic heterocycles. The van der Waals surface area contributed by atoms with E-state index in [1.165, 1.54) is 24.4 Å². The first-order valence-corrected chi connectivity index (χ1v) is 12.3. The van der Waals surface area contributed by atoms with Gasteiger partial charge in [0.1, 0.15) is 5.82 Å². The van der Waals surface area contributed by atoms with Gasteiger partial charge in [-0.05, 0) is 55.3 Å². The van der Waals surface area contributed by atoms with Crippen LogP contribution >= 0.6 is 11.8 Å². The monoisotopic (exact) mass is 497 g/mol. The second-order valence-electron chi connectivity index (χ2n) is 8.30. The topological polar surface area (TPSA) is 103 Å². The Morgan fingerprint density at radius 1 is 1.00 bits per heavy atom. The first kappa shape index (κ1) is 23.5. The van der Waals surface area contributed by atoms with Crippen molar-refractivity contribution in [3.63, 3.8) is 0 Å². The van der Waals surface area contributed by atoms with Crippen LogP contribution in [0.1, 0.15) is 27.3 Å². The Morgan fingerprint density at radius 2 is 1.81 bits per heavy atom. The second-order valence-corrected chi connectivity index (χ2v) is 9.24. The highest BCUT2D eigenvalue weighted by Gasteiger charge is 2.18. The number of nitrogens with one attached hydrogen (secondary N) is 1. The molecule has 0 unspecified atom stereocenters. The van der Waals surface area contributed by atoms with Crippen LogP contribution in [0.2, 0.25) is 0 Å². The summed E-state index contributed by atoms with van der Waals surface area (Å²) < 4.78 is 6.80. The number of aromatic amines is 1. The molecule has 0 aliphatic heterocycles. The molecule has 36 heavy (non-hydrogen) atoms. The molecule has 0 atom stereocenters. The average molecular weight is 498 g/mol. The van der Waals surface area contributed by atoms with E-state index >= 15 is 0 Å². The van der Waals surface area contributed by atoms with Crippen molar-refractivity contribution in [2.45, 2.75) is 24.8 Å². The number of aryl methyl sites for hydroxylation is 2. The van der Waals surface area contributed by atoms with Crippen molar-refractivity contribution in [2.24, 2.45) is 0 Å². The van der Waals surface area contributed by atoms with Gasteiger partial charge >= 0.3 is 5.97 Å². The van der Waals surface area contributed by atoms with E-state index in [0.717, 1.165) is 22.6 Å². The highest BCUT2D eigenvalue weighted by molar-refractivity contribution is 7.98. The Labute approximate surface area is 211 Å². The molecule has 0 fully saturated rings.